The summed E-state index contributed by atoms with van der Waals surface area (Å²) in [6, 6.07) is 7.12. The molecule has 0 saturated heterocycles. The lowest BCUT2D eigenvalue weighted by molar-refractivity contribution is 0.102. The lowest BCUT2D eigenvalue weighted by atomic mass is 10.2. The van der Waals surface area contributed by atoms with E-state index in [1.54, 1.807) is 16.5 Å². The molecule has 2 heterocycles. The van der Waals surface area contributed by atoms with E-state index >= 15 is 0 Å². The first-order valence-corrected chi connectivity index (χ1v) is 9.09. The van der Waals surface area contributed by atoms with Crippen molar-refractivity contribution in [3.05, 3.63) is 46.3 Å². The number of nitrogens with zero attached hydrogens (tertiary/aromatic N) is 2. The molecule has 1 N–H and O–H groups in total. The van der Waals surface area contributed by atoms with Gasteiger partial charge >= 0.3 is 0 Å². The Kier molecular flexibility index (Phi) is 5.55. The normalized spacial score (nSPS) is 10.7. The molecule has 0 aliphatic rings. The van der Waals surface area contributed by atoms with Crippen molar-refractivity contribution in [1.29, 1.82) is 0 Å². The average Bonchev–Trinajstić information content (AvgIpc) is 3.04. The number of anilines is 1. The molecular weight excluding hydrogens is 414 g/mol. The van der Waals surface area contributed by atoms with Gasteiger partial charge in [0.2, 0.25) is 5.75 Å². The number of hydrogen-bond donors (Lipinski definition) is 1. The number of ether oxygens (including phenoxy) is 3. The summed E-state index contributed by atoms with van der Waals surface area (Å²) in [5, 5.41) is 2.90. The van der Waals surface area contributed by atoms with Crippen LogP contribution in [0.3, 0.4) is 0 Å². The summed E-state index contributed by atoms with van der Waals surface area (Å²) < 4.78 is 18.6. The molecule has 0 fully saturated rings. The van der Waals surface area contributed by atoms with Crippen LogP contribution >= 0.6 is 15.9 Å². The van der Waals surface area contributed by atoms with Crippen LogP contribution in [0.4, 0.5) is 5.69 Å². The molecule has 1 aromatic carbocycles. The SMILES string of the molecule is CCc1nc2ccc(Br)cn2c1C(=O)Nc1cc(OC)c(OC)c(OC)c1. The first kappa shape index (κ1) is 19.0. The Bertz CT molecular complexity index is 975. The highest BCUT2D eigenvalue weighted by Gasteiger charge is 2.20. The Balaban J connectivity index is 2.03. The van der Waals surface area contributed by atoms with Crippen LogP contribution in [0.1, 0.15) is 23.1 Å². The van der Waals surface area contributed by atoms with E-state index in [2.05, 4.69) is 26.2 Å². The topological polar surface area (TPSA) is 74.1 Å². The van der Waals surface area contributed by atoms with E-state index in [4.69, 9.17) is 14.2 Å². The number of pyridine rings is 1. The van der Waals surface area contributed by atoms with E-state index < -0.39 is 0 Å². The number of rotatable bonds is 6. The number of fused-ring (bicyclic) bond motifs is 1. The predicted molar refractivity (Wildman–Crippen MR) is 106 cm³/mol. The second-order valence-corrected chi connectivity index (χ2v) is 6.62. The van der Waals surface area contributed by atoms with Crippen LogP contribution in [-0.4, -0.2) is 36.6 Å². The van der Waals surface area contributed by atoms with Gasteiger partial charge in [0.05, 0.1) is 27.0 Å². The second-order valence-electron chi connectivity index (χ2n) is 5.70. The Hall–Kier alpha value is -2.74. The molecule has 0 bridgehead atoms. The van der Waals surface area contributed by atoms with Crippen molar-refractivity contribution < 1.29 is 19.0 Å². The van der Waals surface area contributed by atoms with Gasteiger partial charge in [0.25, 0.3) is 5.91 Å². The maximum absolute atomic E-state index is 13.0. The van der Waals surface area contributed by atoms with Crippen molar-refractivity contribution in [1.82, 2.24) is 9.38 Å². The van der Waals surface area contributed by atoms with Crippen molar-refractivity contribution in [2.75, 3.05) is 26.6 Å². The quantitative estimate of drug-likeness (QED) is 0.637. The third-order valence-corrected chi connectivity index (χ3v) is 4.60. The lowest BCUT2D eigenvalue weighted by Crippen LogP contribution is -2.16. The summed E-state index contributed by atoms with van der Waals surface area (Å²) in [5.41, 5.74) is 2.45. The molecule has 3 aromatic rings. The number of methoxy groups -OCH3 is 3. The summed E-state index contributed by atoms with van der Waals surface area (Å²) in [4.78, 5) is 17.6. The molecule has 0 unspecified atom stereocenters. The van der Waals surface area contributed by atoms with E-state index in [1.165, 1.54) is 21.3 Å². The summed E-state index contributed by atoms with van der Waals surface area (Å²) in [5.74, 6) is 1.12. The number of hydrogen-bond acceptors (Lipinski definition) is 5. The standard InChI is InChI=1S/C19H20BrN3O4/c1-5-13-17(23-10-11(20)6-7-16(23)22-13)19(24)21-12-8-14(25-2)18(27-4)15(9-12)26-3/h6-10H,5H2,1-4H3,(H,21,24). The van der Waals surface area contributed by atoms with Crippen LogP contribution in [0.2, 0.25) is 0 Å². The molecule has 0 aliphatic carbocycles. The van der Waals surface area contributed by atoms with Crippen LogP contribution in [0.25, 0.3) is 5.65 Å². The smallest absolute Gasteiger partial charge is 0.274 e. The number of benzene rings is 1. The van der Waals surface area contributed by atoms with Crippen molar-refractivity contribution in [3.8, 4) is 17.2 Å². The number of carbonyl (C=O) groups excluding carboxylic acids is 1. The molecular formula is C19H20BrN3O4. The van der Waals surface area contributed by atoms with Gasteiger partial charge in [-0.3, -0.25) is 9.20 Å². The number of nitrogens with one attached hydrogen (secondary N) is 1. The van der Waals surface area contributed by atoms with Crippen LogP contribution in [-0.2, 0) is 6.42 Å². The Labute approximate surface area is 165 Å². The van der Waals surface area contributed by atoms with E-state index in [9.17, 15) is 4.79 Å². The third kappa shape index (κ3) is 3.57. The highest BCUT2D eigenvalue weighted by molar-refractivity contribution is 9.10. The molecule has 2 aromatic heterocycles. The van der Waals surface area contributed by atoms with Crippen LogP contribution in [0.15, 0.2) is 34.9 Å². The number of halogens is 1. The molecule has 0 aliphatic heterocycles. The van der Waals surface area contributed by atoms with Gasteiger partial charge in [0, 0.05) is 28.5 Å². The highest BCUT2D eigenvalue weighted by atomic mass is 79.9. The van der Waals surface area contributed by atoms with E-state index in [1.807, 2.05) is 25.3 Å². The summed E-state index contributed by atoms with van der Waals surface area (Å²) in [7, 11) is 4.59. The zero-order valence-corrected chi connectivity index (χ0v) is 17.1. The van der Waals surface area contributed by atoms with Crippen molar-refractivity contribution >= 4 is 33.2 Å². The van der Waals surface area contributed by atoms with Gasteiger partial charge < -0.3 is 19.5 Å². The molecule has 7 nitrogen and oxygen atoms in total. The molecule has 8 heteroatoms. The third-order valence-electron chi connectivity index (χ3n) is 4.13. The van der Waals surface area contributed by atoms with Gasteiger partial charge in [-0.2, -0.15) is 0 Å². The first-order valence-electron chi connectivity index (χ1n) is 8.30. The average molecular weight is 434 g/mol. The molecule has 3 rings (SSSR count). The molecule has 0 spiro atoms. The fourth-order valence-electron chi connectivity index (χ4n) is 2.90. The lowest BCUT2D eigenvalue weighted by Gasteiger charge is -2.14. The number of carbonyl (C=O) groups is 1. The minimum absolute atomic E-state index is 0.272. The molecule has 0 atom stereocenters. The summed E-state index contributed by atoms with van der Waals surface area (Å²) >= 11 is 3.44. The van der Waals surface area contributed by atoms with Crippen molar-refractivity contribution in [2.24, 2.45) is 0 Å². The molecule has 142 valence electrons. The number of imidazole rings is 1. The highest BCUT2D eigenvalue weighted by Crippen LogP contribution is 2.40. The largest absolute Gasteiger partial charge is 0.493 e. The maximum atomic E-state index is 13.0. The van der Waals surface area contributed by atoms with Gasteiger partial charge in [0.15, 0.2) is 11.5 Å². The van der Waals surface area contributed by atoms with Crippen molar-refractivity contribution in [3.63, 3.8) is 0 Å². The van der Waals surface area contributed by atoms with E-state index in [0.717, 1.165) is 10.2 Å². The molecule has 1 amide bonds. The van der Waals surface area contributed by atoms with Gasteiger partial charge in [-0.1, -0.05) is 6.92 Å². The van der Waals surface area contributed by atoms with Gasteiger partial charge in [0.1, 0.15) is 11.3 Å². The second kappa shape index (κ2) is 7.87. The van der Waals surface area contributed by atoms with E-state index in [0.29, 0.717) is 40.7 Å². The molecule has 0 radical (unpaired) electrons. The zero-order chi connectivity index (χ0) is 19.6. The van der Waals surface area contributed by atoms with E-state index in [-0.39, 0.29) is 5.91 Å². The predicted octanol–water partition coefficient (Wildman–Crippen LogP) is 3.94. The maximum Gasteiger partial charge on any atom is 0.274 e. The van der Waals surface area contributed by atoms with Crippen LogP contribution in [0, 0.1) is 0 Å². The van der Waals surface area contributed by atoms with Gasteiger partial charge in [-0.05, 0) is 34.5 Å². The monoisotopic (exact) mass is 433 g/mol. The molecule has 27 heavy (non-hydrogen) atoms. The zero-order valence-electron chi connectivity index (χ0n) is 15.5. The fourth-order valence-corrected chi connectivity index (χ4v) is 3.23. The summed E-state index contributed by atoms with van der Waals surface area (Å²) in [6.45, 7) is 1.97. The van der Waals surface area contributed by atoms with Gasteiger partial charge in [-0.25, -0.2) is 4.98 Å². The number of amides is 1. The van der Waals surface area contributed by atoms with Gasteiger partial charge in [-0.15, -0.1) is 0 Å². The first-order chi connectivity index (χ1) is 13.0. The number of aryl methyl sites for hydroxylation is 1. The minimum atomic E-state index is -0.272. The minimum Gasteiger partial charge on any atom is -0.493 e. The molecule has 0 saturated carbocycles. The Morgan fingerprint density at radius 1 is 1.15 bits per heavy atom. The Morgan fingerprint density at radius 2 is 1.81 bits per heavy atom. The van der Waals surface area contributed by atoms with Crippen LogP contribution < -0.4 is 19.5 Å². The summed E-state index contributed by atoms with van der Waals surface area (Å²) in [6.07, 6.45) is 2.46. The van der Waals surface area contributed by atoms with Crippen LogP contribution in [0.5, 0.6) is 17.2 Å². The Morgan fingerprint density at radius 3 is 2.37 bits per heavy atom. The fraction of sp³-hybridized carbons (Fsp3) is 0.263. The number of aromatic nitrogens is 2. The van der Waals surface area contributed by atoms with Crippen molar-refractivity contribution in [2.45, 2.75) is 13.3 Å².